The topological polar surface area (TPSA) is 127 Å². The maximum Gasteiger partial charge on any atom is 0.325 e. The Balaban J connectivity index is 3.20. The van der Waals surface area contributed by atoms with Crippen LogP contribution in [0.2, 0.25) is 0 Å². The van der Waals surface area contributed by atoms with Crippen molar-refractivity contribution in [3.05, 3.63) is 17.7 Å². The van der Waals surface area contributed by atoms with Gasteiger partial charge in [0.1, 0.15) is 6.54 Å². The van der Waals surface area contributed by atoms with Crippen molar-refractivity contribution in [2.45, 2.75) is 6.92 Å². The van der Waals surface area contributed by atoms with Crippen LogP contribution in [-0.4, -0.2) is 76.9 Å². The lowest BCUT2D eigenvalue weighted by atomic mass is 10.1. The minimum atomic E-state index is -0.676. The standard InChI is InChI=1S/C18H26N2O8/c1-5-27-16(22)10-20(6-7-24-2)18(23)12-8-13(25-3)17(14(9-12)26-4)28-11-15(19)21/h8-9H,5-7,10-11H2,1-4H3,(H2,19,21). The van der Waals surface area contributed by atoms with Crippen LogP contribution in [0.3, 0.4) is 0 Å². The van der Waals surface area contributed by atoms with Gasteiger partial charge in [0.25, 0.3) is 11.8 Å². The van der Waals surface area contributed by atoms with Crippen LogP contribution in [-0.2, 0) is 19.1 Å². The molecule has 1 aromatic rings. The summed E-state index contributed by atoms with van der Waals surface area (Å²) >= 11 is 0. The monoisotopic (exact) mass is 398 g/mol. The first-order valence-corrected chi connectivity index (χ1v) is 8.48. The molecular formula is C18H26N2O8. The Morgan fingerprint density at radius 3 is 2.14 bits per heavy atom. The fourth-order valence-corrected chi connectivity index (χ4v) is 2.29. The molecule has 0 aliphatic heterocycles. The second-order valence-corrected chi connectivity index (χ2v) is 5.49. The van der Waals surface area contributed by atoms with Gasteiger partial charge in [0.15, 0.2) is 18.1 Å². The molecule has 1 aromatic carbocycles. The molecule has 0 aliphatic carbocycles. The molecule has 10 heteroatoms. The zero-order valence-corrected chi connectivity index (χ0v) is 16.5. The Hall–Kier alpha value is -3.01. The largest absolute Gasteiger partial charge is 0.493 e. The molecule has 0 unspecified atom stereocenters. The molecule has 28 heavy (non-hydrogen) atoms. The molecule has 1 rings (SSSR count). The number of nitrogens with two attached hydrogens (primary N) is 1. The lowest BCUT2D eigenvalue weighted by Gasteiger charge is -2.22. The maximum atomic E-state index is 12.9. The van der Waals surface area contributed by atoms with Gasteiger partial charge in [-0.05, 0) is 19.1 Å². The predicted octanol–water partition coefficient (Wildman–Crippen LogP) is 0.220. The molecule has 0 bridgehead atoms. The highest BCUT2D eigenvalue weighted by molar-refractivity contribution is 5.97. The summed E-state index contributed by atoms with van der Waals surface area (Å²) < 4.78 is 25.7. The van der Waals surface area contributed by atoms with Gasteiger partial charge in [0, 0.05) is 19.2 Å². The van der Waals surface area contributed by atoms with Crippen LogP contribution < -0.4 is 19.9 Å². The molecule has 0 saturated heterocycles. The molecule has 2 N–H and O–H groups in total. The van der Waals surface area contributed by atoms with Gasteiger partial charge >= 0.3 is 5.97 Å². The number of methoxy groups -OCH3 is 3. The van der Waals surface area contributed by atoms with Crippen LogP contribution in [0.5, 0.6) is 17.2 Å². The number of esters is 1. The first-order chi connectivity index (χ1) is 13.4. The van der Waals surface area contributed by atoms with Crippen molar-refractivity contribution in [2.24, 2.45) is 5.73 Å². The van der Waals surface area contributed by atoms with Crippen molar-refractivity contribution in [1.82, 2.24) is 4.90 Å². The van der Waals surface area contributed by atoms with Gasteiger partial charge in [-0.3, -0.25) is 14.4 Å². The summed E-state index contributed by atoms with van der Waals surface area (Å²) in [7, 11) is 4.24. The normalized spacial score (nSPS) is 10.1. The van der Waals surface area contributed by atoms with Gasteiger partial charge in [-0.2, -0.15) is 0 Å². The van der Waals surface area contributed by atoms with Gasteiger partial charge in [0.05, 0.1) is 27.4 Å². The summed E-state index contributed by atoms with van der Waals surface area (Å²) in [4.78, 5) is 37.1. The van der Waals surface area contributed by atoms with E-state index in [1.54, 1.807) is 6.92 Å². The van der Waals surface area contributed by atoms with Crippen LogP contribution in [0, 0.1) is 0 Å². The molecular weight excluding hydrogens is 372 g/mol. The average Bonchev–Trinajstić information content (AvgIpc) is 2.68. The molecule has 0 aliphatic rings. The highest BCUT2D eigenvalue weighted by Crippen LogP contribution is 2.38. The predicted molar refractivity (Wildman–Crippen MR) is 98.6 cm³/mol. The molecule has 0 spiro atoms. The number of primary amides is 1. The summed E-state index contributed by atoms with van der Waals surface area (Å²) in [6.07, 6.45) is 0. The quantitative estimate of drug-likeness (QED) is 0.496. The molecule has 0 aromatic heterocycles. The lowest BCUT2D eigenvalue weighted by molar-refractivity contribution is -0.144. The molecule has 156 valence electrons. The summed E-state index contributed by atoms with van der Waals surface area (Å²) in [5, 5.41) is 0. The van der Waals surface area contributed by atoms with Crippen molar-refractivity contribution < 1.29 is 38.1 Å². The van der Waals surface area contributed by atoms with Crippen LogP contribution in [0.25, 0.3) is 0 Å². The first-order valence-electron chi connectivity index (χ1n) is 8.48. The smallest absolute Gasteiger partial charge is 0.325 e. The Morgan fingerprint density at radius 2 is 1.68 bits per heavy atom. The third-order valence-electron chi connectivity index (χ3n) is 3.54. The molecule has 0 fully saturated rings. The fraction of sp³-hybridized carbons (Fsp3) is 0.500. The van der Waals surface area contributed by atoms with E-state index in [4.69, 9.17) is 29.4 Å². The van der Waals surface area contributed by atoms with Crippen molar-refractivity contribution in [1.29, 1.82) is 0 Å². The van der Waals surface area contributed by atoms with E-state index in [-0.39, 0.29) is 55.7 Å². The number of carbonyl (C=O) groups excluding carboxylic acids is 3. The van der Waals surface area contributed by atoms with E-state index in [1.165, 1.54) is 38.4 Å². The van der Waals surface area contributed by atoms with Crippen LogP contribution >= 0.6 is 0 Å². The molecule has 0 atom stereocenters. The minimum absolute atomic E-state index is 0.134. The average molecular weight is 398 g/mol. The third-order valence-corrected chi connectivity index (χ3v) is 3.54. The summed E-state index contributed by atoms with van der Waals surface area (Å²) in [6, 6.07) is 2.85. The number of ether oxygens (including phenoxy) is 5. The number of hydrogen-bond donors (Lipinski definition) is 1. The van der Waals surface area contributed by atoms with Crippen molar-refractivity contribution in [3.63, 3.8) is 0 Å². The van der Waals surface area contributed by atoms with Crippen molar-refractivity contribution >= 4 is 17.8 Å². The molecule has 0 saturated carbocycles. The van der Waals surface area contributed by atoms with E-state index >= 15 is 0 Å². The van der Waals surface area contributed by atoms with Gasteiger partial charge < -0.3 is 34.3 Å². The molecule has 0 heterocycles. The Kier molecular flexibility index (Phi) is 9.58. The highest BCUT2D eigenvalue weighted by Gasteiger charge is 2.23. The van der Waals surface area contributed by atoms with Crippen molar-refractivity contribution in [3.8, 4) is 17.2 Å². The van der Waals surface area contributed by atoms with Crippen molar-refractivity contribution in [2.75, 3.05) is 54.2 Å². The van der Waals surface area contributed by atoms with Gasteiger partial charge in [-0.15, -0.1) is 0 Å². The Morgan fingerprint density at radius 1 is 1.07 bits per heavy atom. The number of hydrogen-bond acceptors (Lipinski definition) is 8. The van der Waals surface area contributed by atoms with E-state index < -0.39 is 17.8 Å². The second kappa shape index (κ2) is 11.7. The van der Waals surface area contributed by atoms with E-state index in [1.807, 2.05) is 0 Å². The van der Waals surface area contributed by atoms with Crippen LogP contribution in [0.15, 0.2) is 12.1 Å². The Labute approximate surface area is 163 Å². The van der Waals surface area contributed by atoms with E-state index in [0.717, 1.165) is 0 Å². The van der Waals surface area contributed by atoms with E-state index in [9.17, 15) is 14.4 Å². The molecule has 10 nitrogen and oxygen atoms in total. The zero-order chi connectivity index (χ0) is 21.1. The zero-order valence-electron chi connectivity index (χ0n) is 16.5. The first kappa shape index (κ1) is 23.0. The summed E-state index contributed by atoms with van der Waals surface area (Å²) in [5.74, 6) is -1.19. The number of nitrogens with zero attached hydrogens (tertiary/aromatic N) is 1. The minimum Gasteiger partial charge on any atom is -0.493 e. The van der Waals surface area contributed by atoms with Crippen LogP contribution in [0.1, 0.15) is 17.3 Å². The van der Waals surface area contributed by atoms with Gasteiger partial charge in [0.2, 0.25) is 5.75 Å². The molecule has 0 radical (unpaired) electrons. The SMILES string of the molecule is CCOC(=O)CN(CCOC)C(=O)c1cc(OC)c(OCC(N)=O)c(OC)c1. The molecule has 2 amide bonds. The number of carbonyl (C=O) groups is 3. The number of rotatable bonds is 12. The van der Waals surface area contributed by atoms with Gasteiger partial charge in [-0.25, -0.2) is 0 Å². The summed E-state index contributed by atoms with van der Waals surface area (Å²) in [5.41, 5.74) is 5.29. The highest BCUT2D eigenvalue weighted by atomic mass is 16.5. The second-order valence-electron chi connectivity index (χ2n) is 5.49. The Bertz CT molecular complexity index is 667. The van der Waals surface area contributed by atoms with E-state index in [0.29, 0.717) is 0 Å². The maximum absolute atomic E-state index is 12.9. The lowest BCUT2D eigenvalue weighted by Crippen LogP contribution is -2.38. The summed E-state index contributed by atoms with van der Waals surface area (Å²) in [6.45, 7) is 1.68. The third kappa shape index (κ3) is 6.62. The fourth-order valence-electron chi connectivity index (χ4n) is 2.29. The van der Waals surface area contributed by atoms with E-state index in [2.05, 4.69) is 0 Å². The van der Waals surface area contributed by atoms with Crippen LogP contribution in [0.4, 0.5) is 0 Å². The number of amides is 2. The number of benzene rings is 1. The van der Waals surface area contributed by atoms with Gasteiger partial charge in [-0.1, -0.05) is 0 Å².